The van der Waals surface area contributed by atoms with Gasteiger partial charge in [0.25, 0.3) is 5.91 Å². The third kappa shape index (κ3) is 5.02. The fourth-order valence-corrected chi connectivity index (χ4v) is 4.26. The summed E-state index contributed by atoms with van der Waals surface area (Å²) in [6, 6.07) is 14.5. The Kier molecular flexibility index (Phi) is 6.80. The van der Waals surface area contributed by atoms with Gasteiger partial charge in [-0.05, 0) is 87.3 Å². The number of fused-ring (bicyclic) bond motifs is 3. The first-order valence-electron chi connectivity index (χ1n) is 11.7. The van der Waals surface area contributed by atoms with Crippen molar-refractivity contribution < 1.29 is 4.79 Å². The van der Waals surface area contributed by atoms with E-state index in [-0.39, 0.29) is 5.91 Å². The van der Waals surface area contributed by atoms with Crippen molar-refractivity contribution in [3.63, 3.8) is 0 Å². The Balaban J connectivity index is 1.52. The highest BCUT2D eigenvalue weighted by Gasteiger charge is 2.14. The molecule has 0 aliphatic rings. The van der Waals surface area contributed by atoms with E-state index in [1.54, 1.807) is 4.90 Å². The van der Waals surface area contributed by atoms with Crippen LogP contribution in [0.5, 0.6) is 0 Å². The average Bonchev–Trinajstić information content (AvgIpc) is 2.81. The largest absolute Gasteiger partial charge is 0.382 e. The Labute approximate surface area is 201 Å². The van der Waals surface area contributed by atoms with Crippen LogP contribution in [-0.4, -0.2) is 59.9 Å². The molecular formula is C28H33N5O. The van der Waals surface area contributed by atoms with Crippen molar-refractivity contribution in [2.75, 3.05) is 40.0 Å². The molecular weight excluding hydrogens is 422 g/mol. The molecule has 4 aromatic rings. The summed E-state index contributed by atoms with van der Waals surface area (Å²) in [6.45, 7) is 5.68. The van der Waals surface area contributed by atoms with Crippen molar-refractivity contribution >= 4 is 33.5 Å². The number of rotatable bonds is 7. The van der Waals surface area contributed by atoms with Crippen LogP contribution in [-0.2, 0) is 12.8 Å². The fourth-order valence-electron chi connectivity index (χ4n) is 4.26. The number of amides is 1. The number of aromatic nitrogens is 2. The lowest BCUT2D eigenvalue weighted by Gasteiger charge is -2.20. The van der Waals surface area contributed by atoms with Crippen molar-refractivity contribution in [2.24, 2.45) is 0 Å². The number of nitrogen functional groups attached to an aromatic ring is 1. The molecule has 0 bridgehead atoms. The maximum Gasteiger partial charge on any atom is 0.253 e. The lowest BCUT2D eigenvalue weighted by Crippen LogP contribution is -2.33. The molecule has 0 saturated heterocycles. The number of hydrogen-bond acceptors (Lipinski definition) is 5. The summed E-state index contributed by atoms with van der Waals surface area (Å²) in [5.41, 5.74) is 13.3. The van der Waals surface area contributed by atoms with E-state index in [1.807, 2.05) is 39.5 Å². The van der Waals surface area contributed by atoms with Gasteiger partial charge >= 0.3 is 0 Å². The SMILES string of the molecule is Cc1ccc2c(c1)nc(N)c1ncc(CCc3ccc(C(=O)N(C)CCN(C)C)cc3C)cc12. The minimum absolute atomic E-state index is 0.0588. The summed E-state index contributed by atoms with van der Waals surface area (Å²) in [7, 11) is 5.88. The predicted molar refractivity (Wildman–Crippen MR) is 140 cm³/mol. The molecule has 1 amide bonds. The number of carbonyl (C=O) groups is 1. The van der Waals surface area contributed by atoms with Gasteiger partial charge in [-0.25, -0.2) is 4.98 Å². The topological polar surface area (TPSA) is 75.3 Å². The van der Waals surface area contributed by atoms with Gasteiger partial charge in [0.2, 0.25) is 0 Å². The zero-order chi connectivity index (χ0) is 24.4. The minimum atomic E-state index is 0.0588. The molecule has 0 atom stereocenters. The smallest absolute Gasteiger partial charge is 0.253 e. The molecule has 0 aliphatic heterocycles. The second-order valence-corrected chi connectivity index (χ2v) is 9.43. The number of likely N-dealkylation sites (N-methyl/N-ethyl adjacent to an activating group) is 2. The molecule has 0 saturated carbocycles. The van der Waals surface area contributed by atoms with Crippen molar-refractivity contribution in [2.45, 2.75) is 26.7 Å². The molecule has 0 fully saturated rings. The van der Waals surface area contributed by atoms with Crippen LogP contribution in [0, 0.1) is 13.8 Å². The van der Waals surface area contributed by atoms with E-state index >= 15 is 0 Å². The zero-order valence-electron chi connectivity index (χ0n) is 20.7. The van der Waals surface area contributed by atoms with Crippen molar-refractivity contribution in [3.8, 4) is 0 Å². The van der Waals surface area contributed by atoms with Crippen molar-refractivity contribution in [3.05, 3.63) is 76.5 Å². The second-order valence-electron chi connectivity index (χ2n) is 9.43. The van der Waals surface area contributed by atoms with Crippen LogP contribution in [0.2, 0.25) is 0 Å². The molecule has 0 unspecified atom stereocenters. The number of benzene rings is 2. The maximum atomic E-state index is 12.8. The standard InChI is InChI=1S/C28H33N5O/c1-18-6-11-23-24-16-20(17-30-26(24)27(29)31-25(23)14-18)7-8-21-9-10-22(15-19(21)2)28(34)33(5)13-12-32(3)4/h6,9-11,14-17H,7-8,12-13H2,1-5H3,(H2,29,31). The molecule has 0 radical (unpaired) electrons. The predicted octanol–water partition coefficient (Wildman–Crippen LogP) is 4.40. The molecule has 2 aromatic heterocycles. The second kappa shape index (κ2) is 9.77. The molecule has 6 nitrogen and oxygen atoms in total. The molecule has 176 valence electrons. The van der Waals surface area contributed by atoms with Gasteiger partial charge in [-0.1, -0.05) is 18.2 Å². The van der Waals surface area contributed by atoms with E-state index in [9.17, 15) is 4.79 Å². The number of nitrogens with two attached hydrogens (primary N) is 1. The maximum absolute atomic E-state index is 12.8. The van der Waals surface area contributed by atoms with E-state index in [2.05, 4.69) is 59.0 Å². The molecule has 2 aromatic carbocycles. The van der Waals surface area contributed by atoms with Crippen LogP contribution in [0.4, 0.5) is 5.82 Å². The van der Waals surface area contributed by atoms with Gasteiger partial charge in [-0.2, -0.15) is 0 Å². The van der Waals surface area contributed by atoms with Gasteiger partial charge in [0.15, 0.2) is 5.82 Å². The Morgan fingerprint density at radius 1 is 0.941 bits per heavy atom. The Morgan fingerprint density at radius 3 is 2.47 bits per heavy atom. The fraction of sp³-hybridized carbons (Fsp3) is 0.321. The Morgan fingerprint density at radius 2 is 1.74 bits per heavy atom. The molecule has 4 rings (SSSR count). The third-order valence-electron chi connectivity index (χ3n) is 6.37. The normalized spacial score (nSPS) is 11.5. The number of hydrogen-bond donors (Lipinski definition) is 1. The number of carbonyl (C=O) groups excluding carboxylic acids is 1. The van der Waals surface area contributed by atoms with Crippen LogP contribution < -0.4 is 5.73 Å². The van der Waals surface area contributed by atoms with Crippen LogP contribution in [0.3, 0.4) is 0 Å². The number of pyridine rings is 2. The van der Waals surface area contributed by atoms with Crippen LogP contribution in [0.25, 0.3) is 21.8 Å². The van der Waals surface area contributed by atoms with Gasteiger partial charge < -0.3 is 15.5 Å². The van der Waals surface area contributed by atoms with Gasteiger partial charge in [-0.3, -0.25) is 9.78 Å². The van der Waals surface area contributed by atoms with E-state index in [1.165, 1.54) is 5.56 Å². The zero-order valence-corrected chi connectivity index (χ0v) is 20.7. The number of nitrogens with zero attached hydrogens (tertiary/aromatic N) is 4. The quantitative estimate of drug-likeness (QED) is 0.418. The summed E-state index contributed by atoms with van der Waals surface area (Å²) in [5, 5.41) is 2.11. The summed E-state index contributed by atoms with van der Waals surface area (Å²) < 4.78 is 0. The average molecular weight is 456 g/mol. The molecule has 0 aliphatic carbocycles. The summed E-state index contributed by atoms with van der Waals surface area (Å²) in [4.78, 5) is 25.8. The van der Waals surface area contributed by atoms with E-state index in [0.717, 1.165) is 63.4 Å². The first-order chi connectivity index (χ1) is 16.2. The van der Waals surface area contributed by atoms with Crippen LogP contribution >= 0.6 is 0 Å². The summed E-state index contributed by atoms with van der Waals surface area (Å²) >= 11 is 0. The molecule has 6 heteroatoms. The first kappa shape index (κ1) is 23.6. The molecule has 0 spiro atoms. The van der Waals surface area contributed by atoms with Gasteiger partial charge in [0.05, 0.1) is 5.52 Å². The van der Waals surface area contributed by atoms with Gasteiger partial charge in [0, 0.05) is 42.7 Å². The number of anilines is 1. The monoisotopic (exact) mass is 455 g/mol. The highest BCUT2D eigenvalue weighted by molar-refractivity contribution is 6.08. The highest BCUT2D eigenvalue weighted by atomic mass is 16.2. The first-order valence-corrected chi connectivity index (χ1v) is 11.7. The Bertz CT molecular complexity index is 1360. The summed E-state index contributed by atoms with van der Waals surface area (Å²) in [5.74, 6) is 0.523. The van der Waals surface area contributed by atoms with Crippen molar-refractivity contribution in [1.82, 2.24) is 19.8 Å². The minimum Gasteiger partial charge on any atom is -0.382 e. The highest BCUT2D eigenvalue weighted by Crippen LogP contribution is 2.28. The van der Waals surface area contributed by atoms with E-state index in [4.69, 9.17) is 5.73 Å². The lowest BCUT2D eigenvalue weighted by atomic mass is 9.98. The van der Waals surface area contributed by atoms with Crippen LogP contribution in [0.15, 0.2) is 48.7 Å². The van der Waals surface area contributed by atoms with Gasteiger partial charge in [0.1, 0.15) is 5.52 Å². The van der Waals surface area contributed by atoms with Gasteiger partial charge in [-0.15, -0.1) is 0 Å². The molecule has 34 heavy (non-hydrogen) atoms. The van der Waals surface area contributed by atoms with E-state index < -0.39 is 0 Å². The Hall–Kier alpha value is -3.51. The summed E-state index contributed by atoms with van der Waals surface area (Å²) in [6.07, 6.45) is 3.63. The van der Waals surface area contributed by atoms with E-state index in [0.29, 0.717) is 12.4 Å². The van der Waals surface area contributed by atoms with Crippen LogP contribution in [0.1, 0.15) is 32.6 Å². The number of aryl methyl sites for hydroxylation is 4. The lowest BCUT2D eigenvalue weighted by molar-refractivity contribution is 0.0786. The third-order valence-corrected chi connectivity index (χ3v) is 6.37. The molecule has 2 heterocycles. The molecule has 2 N–H and O–H groups in total. The van der Waals surface area contributed by atoms with Crippen molar-refractivity contribution in [1.29, 1.82) is 0 Å².